The van der Waals surface area contributed by atoms with E-state index in [0.29, 0.717) is 19.0 Å². The molecule has 10 heteroatoms. The van der Waals surface area contributed by atoms with Crippen LogP contribution < -0.4 is 15.4 Å². The standard InChI is InChI=1S/C19H25F3N4O2.HI/c1-23-18(25-12-16(26(2)3)17-5-4-10-27-17)24-11-14-6-8-15(9-7-14)28-13-19(20,21)22;/h4-10,16H,11-13H2,1-3H3,(H2,23,24,25);1H. The molecule has 0 bridgehead atoms. The van der Waals surface area contributed by atoms with Gasteiger partial charge in [0.25, 0.3) is 0 Å². The molecule has 0 aliphatic rings. The first-order valence-electron chi connectivity index (χ1n) is 8.71. The molecule has 0 spiro atoms. The van der Waals surface area contributed by atoms with E-state index >= 15 is 0 Å². The summed E-state index contributed by atoms with van der Waals surface area (Å²) in [6.45, 7) is -0.249. The van der Waals surface area contributed by atoms with Gasteiger partial charge in [0.1, 0.15) is 11.5 Å². The predicted molar refractivity (Wildman–Crippen MR) is 117 cm³/mol. The van der Waals surface area contributed by atoms with E-state index in [2.05, 4.69) is 15.6 Å². The summed E-state index contributed by atoms with van der Waals surface area (Å²) in [6, 6.07) is 10.2. The molecule has 2 aromatic rings. The minimum absolute atomic E-state index is 0. The Hall–Kier alpha value is -1.95. The van der Waals surface area contributed by atoms with Gasteiger partial charge in [0, 0.05) is 20.1 Å². The number of guanidine groups is 1. The Balaban J connectivity index is 0.00000420. The Morgan fingerprint density at radius 2 is 1.86 bits per heavy atom. The summed E-state index contributed by atoms with van der Waals surface area (Å²) < 4.78 is 46.7. The molecule has 2 rings (SSSR count). The monoisotopic (exact) mass is 526 g/mol. The van der Waals surface area contributed by atoms with Crippen molar-refractivity contribution >= 4 is 29.9 Å². The zero-order valence-electron chi connectivity index (χ0n) is 16.5. The van der Waals surface area contributed by atoms with Gasteiger partial charge < -0.3 is 19.8 Å². The van der Waals surface area contributed by atoms with E-state index in [0.717, 1.165) is 11.3 Å². The highest BCUT2D eigenvalue weighted by atomic mass is 127. The molecular weight excluding hydrogens is 500 g/mol. The molecule has 1 aromatic carbocycles. The second kappa shape index (κ2) is 11.9. The number of furan rings is 1. The summed E-state index contributed by atoms with van der Waals surface area (Å²) in [6.07, 6.45) is -2.71. The third-order valence-corrected chi connectivity index (χ3v) is 3.97. The Bertz CT molecular complexity index is 735. The molecule has 2 N–H and O–H groups in total. The first-order valence-corrected chi connectivity index (χ1v) is 8.71. The third-order valence-electron chi connectivity index (χ3n) is 3.97. The first-order chi connectivity index (χ1) is 13.3. The van der Waals surface area contributed by atoms with Crippen molar-refractivity contribution in [2.75, 3.05) is 34.3 Å². The lowest BCUT2D eigenvalue weighted by atomic mass is 10.2. The van der Waals surface area contributed by atoms with Gasteiger partial charge in [0.15, 0.2) is 12.6 Å². The Morgan fingerprint density at radius 3 is 2.38 bits per heavy atom. The minimum Gasteiger partial charge on any atom is -0.484 e. The normalized spacial score (nSPS) is 13.0. The summed E-state index contributed by atoms with van der Waals surface area (Å²) in [5, 5.41) is 6.42. The number of nitrogens with one attached hydrogen (secondary N) is 2. The van der Waals surface area contributed by atoms with Crippen molar-refractivity contribution in [3.05, 3.63) is 54.0 Å². The number of alkyl halides is 3. The number of aliphatic imine (C=N–C) groups is 1. The molecule has 1 aromatic heterocycles. The number of ether oxygens (including phenoxy) is 1. The molecule has 0 radical (unpaired) electrons. The SMILES string of the molecule is CN=C(NCc1ccc(OCC(F)(F)F)cc1)NCC(c1ccco1)N(C)C.I. The fourth-order valence-corrected chi connectivity index (χ4v) is 2.49. The molecule has 29 heavy (non-hydrogen) atoms. The molecule has 1 heterocycles. The second-order valence-corrected chi connectivity index (χ2v) is 6.35. The molecule has 162 valence electrons. The average Bonchev–Trinajstić information content (AvgIpc) is 3.17. The quantitative estimate of drug-likeness (QED) is 0.312. The van der Waals surface area contributed by atoms with Gasteiger partial charge in [-0.1, -0.05) is 12.1 Å². The summed E-state index contributed by atoms with van der Waals surface area (Å²) in [5.74, 6) is 1.63. The number of halogens is 4. The van der Waals surface area contributed by atoms with E-state index in [-0.39, 0.29) is 35.8 Å². The number of nitrogens with zero attached hydrogens (tertiary/aromatic N) is 2. The van der Waals surface area contributed by atoms with E-state index in [9.17, 15) is 13.2 Å². The lowest BCUT2D eigenvalue weighted by Gasteiger charge is -2.23. The Kier molecular flexibility index (Phi) is 10.3. The summed E-state index contributed by atoms with van der Waals surface area (Å²) in [4.78, 5) is 6.23. The van der Waals surface area contributed by atoms with Crippen molar-refractivity contribution in [1.29, 1.82) is 0 Å². The summed E-state index contributed by atoms with van der Waals surface area (Å²) in [7, 11) is 5.60. The largest absolute Gasteiger partial charge is 0.484 e. The smallest absolute Gasteiger partial charge is 0.422 e. The molecule has 1 unspecified atom stereocenters. The van der Waals surface area contributed by atoms with Crippen LogP contribution in [-0.2, 0) is 6.54 Å². The van der Waals surface area contributed by atoms with Crippen LogP contribution in [0.4, 0.5) is 13.2 Å². The first kappa shape index (κ1) is 25.1. The lowest BCUT2D eigenvalue weighted by Crippen LogP contribution is -2.41. The molecule has 0 aliphatic carbocycles. The summed E-state index contributed by atoms with van der Waals surface area (Å²) in [5.41, 5.74) is 0.887. The minimum atomic E-state index is -4.35. The van der Waals surface area contributed by atoms with Crippen molar-refractivity contribution in [3.8, 4) is 5.75 Å². The van der Waals surface area contributed by atoms with Gasteiger partial charge in [0.05, 0.1) is 12.3 Å². The van der Waals surface area contributed by atoms with Crippen LogP contribution in [0, 0.1) is 0 Å². The lowest BCUT2D eigenvalue weighted by molar-refractivity contribution is -0.153. The van der Waals surface area contributed by atoms with Gasteiger partial charge in [-0.25, -0.2) is 0 Å². The molecule has 6 nitrogen and oxygen atoms in total. The van der Waals surface area contributed by atoms with Crippen LogP contribution in [0.25, 0.3) is 0 Å². The van der Waals surface area contributed by atoms with Crippen molar-refractivity contribution < 1.29 is 22.3 Å². The van der Waals surface area contributed by atoms with Crippen LogP contribution in [0.1, 0.15) is 17.4 Å². The topological polar surface area (TPSA) is 62.0 Å². The molecule has 0 aliphatic heterocycles. The van der Waals surface area contributed by atoms with Gasteiger partial charge in [-0.2, -0.15) is 13.2 Å². The molecular formula is C19H26F3IN4O2. The highest BCUT2D eigenvalue weighted by Crippen LogP contribution is 2.19. The number of hydrogen-bond donors (Lipinski definition) is 2. The number of likely N-dealkylation sites (N-methyl/N-ethyl adjacent to an activating group) is 1. The van der Waals surface area contributed by atoms with Crippen molar-refractivity contribution in [2.45, 2.75) is 18.8 Å². The molecule has 1 atom stereocenters. The second-order valence-electron chi connectivity index (χ2n) is 6.35. The van der Waals surface area contributed by atoms with Crippen LogP contribution in [-0.4, -0.2) is 51.3 Å². The maximum Gasteiger partial charge on any atom is 0.422 e. The molecule has 0 fully saturated rings. The van der Waals surface area contributed by atoms with Crippen LogP contribution in [0.15, 0.2) is 52.1 Å². The van der Waals surface area contributed by atoms with Crippen LogP contribution in [0.5, 0.6) is 5.75 Å². The van der Waals surface area contributed by atoms with Crippen molar-refractivity contribution in [2.24, 2.45) is 4.99 Å². The third kappa shape index (κ3) is 8.94. The van der Waals surface area contributed by atoms with E-state index in [1.165, 1.54) is 12.1 Å². The fraction of sp³-hybridized carbons (Fsp3) is 0.421. The molecule has 0 saturated heterocycles. The van der Waals surface area contributed by atoms with E-state index < -0.39 is 12.8 Å². The number of hydrogen-bond acceptors (Lipinski definition) is 4. The van der Waals surface area contributed by atoms with Gasteiger partial charge >= 0.3 is 6.18 Å². The zero-order valence-corrected chi connectivity index (χ0v) is 18.8. The van der Waals surface area contributed by atoms with Gasteiger partial charge in [-0.15, -0.1) is 24.0 Å². The van der Waals surface area contributed by atoms with Gasteiger partial charge in [-0.3, -0.25) is 9.89 Å². The maximum atomic E-state index is 12.2. The van der Waals surface area contributed by atoms with Crippen molar-refractivity contribution in [3.63, 3.8) is 0 Å². The van der Waals surface area contributed by atoms with Crippen LogP contribution >= 0.6 is 24.0 Å². The Morgan fingerprint density at radius 1 is 1.17 bits per heavy atom. The zero-order chi connectivity index (χ0) is 20.6. The van der Waals surface area contributed by atoms with E-state index in [1.54, 1.807) is 25.4 Å². The van der Waals surface area contributed by atoms with E-state index in [4.69, 9.17) is 9.15 Å². The number of rotatable bonds is 8. The summed E-state index contributed by atoms with van der Waals surface area (Å²) >= 11 is 0. The molecule has 0 amide bonds. The fourth-order valence-electron chi connectivity index (χ4n) is 2.49. The number of benzene rings is 1. The van der Waals surface area contributed by atoms with Gasteiger partial charge in [0.2, 0.25) is 0 Å². The maximum absolute atomic E-state index is 12.2. The highest BCUT2D eigenvalue weighted by Gasteiger charge is 2.28. The van der Waals surface area contributed by atoms with E-state index in [1.807, 2.05) is 31.1 Å². The Labute approximate surface area is 185 Å². The van der Waals surface area contributed by atoms with Crippen LogP contribution in [0.3, 0.4) is 0 Å². The van der Waals surface area contributed by atoms with Crippen LogP contribution in [0.2, 0.25) is 0 Å². The predicted octanol–water partition coefficient (Wildman–Crippen LogP) is 3.81. The molecule has 0 saturated carbocycles. The average molecular weight is 526 g/mol. The van der Waals surface area contributed by atoms with Gasteiger partial charge in [-0.05, 0) is 43.9 Å². The highest BCUT2D eigenvalue weighted by molar-refractivity contribution is 14.0. The van der Waals surface area contributed by atoms with Crippen molar-refractivity contribution in [1.82, 2.24) is 15.5 Å².